The maximum absolute atomic E-state index is 12.1. The summed E-state index contributed by atoms with van der Waals surface area (Å²) in [5.74, 6) is 0.352. The van der Waals surface area contributed by atoms with Crippen LogP contribution < -0.4 is 10.1 Å². The van der Waals surface area contributed by atoms with Gasteiger partial charge in [0.05, 0.1) is 11.6 Å². The fourth-order valence-electron chi connectivity index (χ4n) is 2.30. The van der Waals surface area contributed by atoms with Crippen molar-refractivity contribution in [3.8, 4) is 11.5 Å². The molecule has 5 nitrogen and oxygen atoms in total. The quantitative estimate of drug-likeness (QED) is 0.837. The Balaban J connectivity index is 1.96. The predicted molar refractivity (Wildman–Crippen MR) is 93.4 cm³/mol. The zero-order valence-electron chi connectivity index (χ0n) is 12.9. The van der Waals surface area contributed by atoms with Gasteiger partial charge in [-0.2, -0.15) is 0 Å². The van der Waals surface area contributed by atoms with Crippen molar-refractivity contribution in [3.05, 3.63) is 64.3 Å². The number of benzene rings is 2. The molecular weight excluding hydrogens is 328 g/mol. The van der Waals surface area contributed by atoms with Crippen LogP contribution >= 0.6 is 11.6 Å². The van der Waals surface area contributed by atoms with E-state index in [2.05, 4.69) is 10.3 Å². The fraction of sp³-hybridized carbons (Fsp3) is 0.111. The molecule has 0 saturated heterocycles. The zero-order valence-corrected chi connectivity index (χ0v) is 13.7. The fourth-order valence-corrected chi connectivity index (χ4v) is 2.52. The van der Waals surface area contributed by atoms with Crippen LogP contribution in [0.3, 0.4) is 0 Å². The molecule has 0 atom stereocenters. The number of amides is 1. The minimum Gasteiger partial charge on any atom is -0.503 e. The number of hydrogen-bond donors (Lipinski definition) is 2. The monoisotopic (exact) mass is 342 g/mol. The Bertz CT molecular complexity index is 845. The first kappa shape index (κ1) is 16.1. The van der Waals surface area contributed by atoms with Gasteiger partial charge in [-0.1, -0.05) is 41.9 Å². The van der Waals surface area contributed by atoms with Crippen LogP contribution in [-0.2, 0) is 4.79 Å². The van der Waals surface area contributed by atoms with Crippen molar-refractivity contribution in [2.24, 2.45) is 4.99 Å². The largest absolute Gasteiger partial charge is 0.503 e. The third-order valence-electron chi connectivity index (χ3n) is 3.40. The van der Waals surface area contributed by atoms with Gasteiger partial charge in [-0.25, -0.2) is 4.99 Å². The second-order valence-corrected chi connectivity index (χ2v) is 5.50. The number of amidine groups is 1. The third-order valence-corrected chi connectivity index (χ3v) is 3.69. The van der Waals surface area contributed by atoms with Crippen molar-refractivity contribution >= 4 is 29.4 Å². The van der Waals surface area contributed by atoms with E-state index in [1.54, 1.807) is 25.1 Å². The highest BCUT2D eigenvalue weighted by Gasteiger charge is 2.21. The summed E-state index contributed by atoms with van der Waals surface area (Å²) in [6, 6.07) is 12.5. The van der Waals surface area contributed by atoms with E-state index >= 15 is 0 Å². The van der Waals surface area contributed by atoms with Gasteiger partial charge in [0.25, 0.3) is 5.91 Å². The Hall–Kier alpha value is -2.79. The molecule has 0 unspecified atom stereocenters. The number of aromatic hydroxyl groups is 1. The third kappa shape index (κ3) is 3.26. The number of phenolic OH excluding ortho intramolecular Hbond substituents is 1. The van der Waals surface area contributed by atoms with E-state index in [4.69, 9.17) is 16.3 Å². The Morgan fingerprint density at radius 2 is 2.04 bits per heavy atom. The van der Waals surface area contributed by atoms with E-state index in [1.807, 2.05) is 30.3 Å². The van der Waals surface area contributed by atoms with Crippen LogP contribution in [0.2, 0.25) is 5.02 Å². The molecule has 1 aliphatic heterocycles. The molecule has 122 valence electrons. The van der Waals surface area contributed by atoms with E-state index < -0.39 is 0 Å². The van der Waals surface area contributed by atoms with Gasteiger partial charge in [-0.15, -0.1) is 0 Å². The molecule has 6 heteroatoms. The predicted octanol–water partition coefficient (Wildman–Crippen LogP) is 3.36. The van der Waals surface area contributed by atoms with Gasteiger partial charge in [0.1, 0.15) is 11.5 Å². The van der Waals surface area contributed by atoms with Crippen molar-refractivity contribution in [3.63, 3.8) is 0 Å². The molecule has 0 saturated carbocycles. The maximum atomic E-state index is 12.1. The van der Waals surface area contributed by atoms with Crippen LogP contribution in [0.25, 0.3) is 6.08 Å². The maximum Gasteiger partial charge on any atom is 0.275 e. The molecule has 2 aromatic rings. The van der Waals surface area contributed by atoms with E-state index in [9.17, 15) is 9.90 Å². The summed E-state index contributed by atoms with van der Waals surface area (Å²) < 4.78 is 5.34. The Morgan fingerprint density at radius 3 is 2.75 bits per heavy atom. The van der Waals surface area contributed by atoms with E-state index in [0.717, 1.165) is 5.56 Å². The summed E-state index contributed by atoms with van der Waals surface area (Å²) >= 11 is 6.01. The van der Waals surface area contributed by atoms with Crippen molar-refractivity contribution in [1.82, 2.24) is 5.32 Å². The standard InChI is InChI=1S/C18H15ClN2O3/c1-2-24-15-10-11(8-13(19)16(15)22)9-14-18(23)21-17(20-14)12-6-4-3-5-7-12/h3-10,22H,2H2,1H3,(H,20,21,23). The summed E-state index contributed by atoms with van der Waals surface area (Å²) in [6.07, 6.45) is 1.60. The lowest BCUT2D eigenvalue weighted by molar-refractivity contribution is -0.115. The lowest BCUT2D eigenvalue weighted by Crippen LogP contribution is -2.24. The van der Waals surface area contributed by atoms with Crippen LogP contribution in [0.5, 0.6) is 11.5 Å². The van der Waals surface area contributed by atoms with E-state index in [-0.39, 0.29) is 28.1 Å². The molecule has 0 fully saturated rings. The minimum absolute atomic E-state index is 0.120. The molecule has 3 rings (SSSR count). The molecule has 0 bridgehead atoms. The van der Waals surface area contributed by atoms with Crippen LogP contribution in [0, 0.1) is 0 Å². The van der Waals surface area contributed by atoms with E-state index in [1.165, 1.54) is 0 Å². The Kier molecular flexibility index (Phi) is 4.53. The highest BCUT2D eigenvalue weighted by atomic mass is 35.5. The first-order valence-electron chi connectivity index (χ1n) is 7.41. The summed E-state index contributed by atoms with van der Waals surface area (Å²) in [6.45, 7) is 2.19. The Morgan fingerprint density at radius 1 is 1.29 bits per heavy atom. The molecule has 1 amide bonds. The molecule has 0 aromatic heterocycles. The van der Waals surface area contributed by atoms with Crippen molar-refractivity contribution in [2.75, 3.05) is 6.61 Å². The van der Waals surface area contributed by atoms with Gasteiger partial charge in [-0.05, 0) is 30.7 Å². The summed E-state index contributed by atoms with van der Waals surface area (Å²) in [4.78, 5) is 16.5. The van der Waals surface area contributed by atoms with Crippen molar-refractivity contribution in [1.29, 1.82) is 0 Å². The molecule has 0 aliphatic carbocycles. The first-order chi connectivity index (χ1) is 11.6. The number of rotatable bonds is 4. The summed E-state index contributed by atoms with van der Waals surface area (Å²) in [5, 5.41) is 12.8. The zero-order chi connectivity index (χ0) is 17.1. The van der Waals surface area contributed by atoms with Crippen LogP contribution in [0.4, 0.5) is 0 Å². The molecular formula is C18H15ClN2O3. The number of carbonyl (C=O) groups excluding carboxylic acids is 1. The van der Waals surface area contributed by atoms with Gasteiger partial charge in [0, 0.05) is 5.56 Å². The number of hydrogen-bond acceptors (Lipinski definition) is 4. The van der Waals surface area contributed by atoms with E-state index in [0.29, 0.717) is 18.0 Å². The van der Waals surface area contributed by atoms with Crippen LogP contribution in [0.15, 0.2) is 53.2 Å². The number of nitrogens with one attached hydrogen (secondary N) is 1. The smallest absolute Gasteiger partial charge is 0.275 e. The lowest BCUT2D eigenvalue weighted by Gasteiger charge is -2.08. The van der Waals surface area contributed by atoms with Gasteiger partial charge < -0.3 is 15.2 Å². The topological polar surface area (TPSA) is 70.9 Å². The summed E-state index contributed by atoms with van der Waals surface area (Å²) in [5.41, 5.74) is 1.70. The van der Waals surface area contributed by atoms with Crippen LogP contribution in [0.1, 0.15) is 18.1 Å². The van der Waals surface area contributed by atoms with Gasteiger partial charge in [0.15, 0.2) is 11.5 Å². The van der Waals surface area contributed by atoms with Gasteiger partial charge in [-0.3, -0.25) is 4.79 Å². The minimum atomic E-state index is -0.295. The Labute approximate surface area is 144 Å². The molecule has 1 aliphatic rings. The second-order valence-electron chi connectivity index (χ2n) is 5.09. The molecule has 24 heavy (non-hydrogen) atoms. The SMILES string of the molecule is CCOc1cc(C=C2N=C(c3ccccc3)NC2=O)cc(Cl)c1O. The highest BCUT2D eigenvalue weighted by molar-refractivity contribution is 6.32. The van der Waals surface area contributed by atoms with Gasteiger partial charge in [0.2, 0.25) is 0 Å². The average molecular weight is 343 g/mol. The van der Waals surface area contributed by atoms with Crippen molar-refractivity contribution < 1.29 is 14.6 Å². The van der Waals surface area contributed by atoms with Gasteiger partial charge >= 0.3 is 0 Å². The number of ether oxygens (including phenoxy) is 1. The molecule has 2 aromatic carbocycles. The van der Waals surface area contributed by atoms with Crippen molar-refractivity contribution in [2.45, 2.75) is 6.92 Å². The summed E-state index contributed by atoms with van der Waals surface area (Å²) in [7, 11) is 0. The normalized spacial score (nSPS) is 15.3. The number of halogens is 1. The molecule has 2 N–H and O–H groups in total. The number of aliphatic imine (C=N–C) groups is 1. The number of phenols is 1. The molecule has 1 heterocycles. The number of nitrogens with zero attached hydrogens (tertiary/aromatic N) is 1. The number of carbonyl (C=O) groups is 1. The first-order valence-corrected chi connectivity index (χ1v) is 7.78. The van der Waals surface area contributed by atoms with Crippen LogP contribution in [-0.4, -0.2) is 23.5 Å². The molecule has 0 spiro atoms. The average Bonchev–Trinajstić information content (AvgIpc) is 2.94. The highest BCUT2D eigenvalue weighted by Crippen LogP contribution is 2.36. The second kappa shape index (κ2) is 6.76. The molecule has 0 radical (unpaired) electrons. The lowest BCUT2D eigenvalue weighted by atomic mass is 10.1.